The summed E-state index contributed by atoms with van der Waals surface area (Å²) in [6.45, 7) is 0. The lowest BCUT2D eigenvalue weighted by molar-refractivity contribution is -0.120. The van der Waals surface area contributed by atoms with Crippen LogP contribution >= 0.6 is 0 Å². The summed E-state index contributed by atoms with van der Waals surface area (Å²) in [5, 5.41) is 0. The van der Waals surface area contributed by atoms with Gasteiger partial charge < -0.3 is 4.90 Å². The highest BCUT2D eigenvalue weighted by atomic mass is 16.2. The van der Waals surface area contributed by atoms with Crippen LogP contribution in [0.25, 0.3) is 0 Å². The maximum atomic E-state index is 13.0. The summed E-state index contributed by atoms with van der Waals surface area (Å²) in [6, 6.07) is 17.6. The predicted octanol–water partition coefficient (Wildman–Crippen LogP) is 3.20. The molecule has 0 aromatic heterocycles. The van der Waals surface area contributed by atoms with Crippen molar-refractivity contribution in [1.82, 2.24) is 0 Å². The van der Waals surface area contributed by atoms with Crippen LogP contribution in [0.4, 0.5) is 5.69 Å². The second kappa shape index (κ2) is 4.54. The van der Waals surface area contributed by atoms with E-state index in [2.05, 4.69) is 0 Å². The Hall–Kier alpha value is -2.42. The highest BCUT2D eigenvalue weighted by Gasteiger charge is 2.59. The van der Waals surface area contributed by atoms with E-state index in [1.165, 1.54) is 0 Å². The highest BCUT2D eigenvalue weighted by Crippen LogP contribution is 2.49. The van der Waals surface area contributed by atoms with Crippen molar-refractivity contribution < 1.29 is 9.59 Å². The Bertz CT molecular complexity index is 768. The quantitative estimate of drug-likeness (QED) is 0.757. The molecule has 2 aromatic rings. The lowest BCUT2D eigenvalue weighted by Gasteiger charge is -2.31. The minimum Gasteiger partial charge on any atom is -0.355 e. The number of likely N-dealkylation sites (N-methyl/N-ethyl adjacent to an activating group) is 1. The van der Waals surface area contributed by atoms with Gasteiger partial charge in [-0.2, -0.15) is 0 Å². The molecule has 1 aliphatic heterocycles. The molecule has 0 amide bonds. The van der Waals surface area contributed by atoms with Gasteiger partial charge in [0.2, 0.25) is 0 Å². The molecule has 22 heavy (non-hydrogen) atoms. The first-order chi connectivity index (χ1) is 10.6. The first kappa shape index (κ1) is 13.3. The predicted molar refractivity (Wildman–Crippen MR) is 85.3 cm³/mol. The number of para-hydroxylation sites is 1. The van der Waals surface area contributed by atoms with Gasteiger partial charge in [0, 0.05) is 24.7 Å². The Balaban J connectivity index is 1.77. The molecule has 1 saturated carbocycles. The molecule has 1 heterocycles. The summed E-state index contributed by atoms with van der Waals surface area (Å²) in [7, 11) is 1.87. The van der Waals surface area contributed by atoms with E-state index < -0.39 is 5.54 Å². The van der Waals surface area contributed by atoms with Crippen LogP contribution in [0.3, 0.4) is 0 Å². The van der Waals surface area contributed by atoms with E-state index in [9.17, 15) is 9.59 Å². The number of benzene rings is 2. The van der Waals surface area contributed by atoms with E-state index in [-0.39, 0.29) is 17.5 Å². The molecule has 0 radical (unpaired) electrons. The van der Waals surface area contributed by atoms with Crippen LogP contribution in [-0.2, 0) is 4.79 Å². The molecule has 0 bridgehead atoms. The Kier molecular flexibility index (Phi) is 2.73. The summed E-state index contributed by atoms with van der Waals surface area (Å²) >= 11 is 0. The Morgan fingerprint density at radius 3 is 2.41 bits per heavy atom. The van der Waals surface area contributed by atoms with Gasteiger partial charge in [0.25, 0.3) is 0 Å². The average molecular weight is 291 g/mol. The number of carbonyl (C=O) groups excluding carboxylic acids is 2. The van der Waals surface area contributed by atoms with Crippen molar-refractivity contribution in [2.24, 2.45) is 0 Å². The molecule has 1 spiro atoms. The first-order valence-corrected chi connectivity index (χ1v) is 7.60. The van der Waals surface area contributed by atoms with Gasteiger partial charge in [-0.15, -0.1) is 0 Å². The summed E-state index contributed by atoms with van der Waals surface area (Å²) in [5.74, 6) is 0.133. The van der Waals surface area contributed by atoms with Crippen LogP contribution in [0.1, 0.15) is 34.7 Å². The first-order valence-electron chi connectivity index (χ1n) is 7.60. The third-order valence-corrected chi connectivity index (χ3v) is 5.16. The third-order valence-electron chi connectivity index (χ3n) is 5.16. The van der Waals surface area contributed by atoms with E-state index in [0.717, 1.165) is 11.3 Å². The fourth-order valence-corrected chi connectivity index (χ4v) is 3.98. The topological polar surface area (TPSA) is 37.4 Å². The van der Waals surface area contributed by atoms with Crippen molar-refractivity contribution in [3.63, 3.8) is 0 Å². The van der Waals surface area contributed by atoms with Crippen LogP contribution < -0.4 is 4.90 Å². The van der Waals surface area contributed by atoms with Crippen molar-refractivity contribution in [2.45, 2.75) is 24.3 Å². The standard InChI is InChI=1S/C19H17NO2/c1-20-16-10-6-5-9-15(16)18(22)19(20)12-14(11-17(19)21)13-7-3-2-4-8-13/h2-10,14H,11-12H2,1H3/t14-,19+/m1/s1. The van der Waals surface area contributed by atoms with Gasteiger partial charge in [-0.3, -0.25) is 9.59 Å². The van der Waals surface area contributed by atoms with Crippen LogP contribution in [-0.4, -0.2) is 24.2 Å². The Labute approximate surface area is 129 Å². The number of anilines is 1. The zero-order valence-electron chi connectivity index (χ0n) is 12.5. The van der Waals surface area contributed by atoms with E-state index in [4.69, 9.17) is 0 Å². The fraction of sp³-hybridized carbons (Fsp3) is 0.263. The summed E-state index contributed by atoms with van der Waals surface area (Å²) in [5.41, 5.74) is 1.69. The molecule has 3 nitrogen and oxygen atoms in total. The fourth-order valence-electron chi connectivity index (χ4n) is 3.98. The molecule has 2 atom stereocenters. The minimum atomic E-state index is -0.996. The van der Waals surface area contributed by atoms with Crippen molar-refractivity contribution in [2.75, 3.05) is 11.9 Å². The van der Waals surface area contributed by atoms with Crippen molar-refractivity contribution >= 4 is 17.3 Å². The Morgan fingerprint density at radius 1 is 1.00 bits per heavy atom. The van der Waals surface area contributed by atoms with Crippen molar-refractivity contribution in [1.29, 1.82) is 0 Å². The van der Waals surface area contributed by atoms with Crippen molar-refractivity contribution in [3.8, 4) is 0 Å². The van der Waals surface area contributed by atoms with Crippen LogP contribution in [0, 0.1) is 0 Å². The summed E-state index contributed by atoms with van der Waals surface area (Å²) in [6.07, 6.45) is 1.01. The molecule has 0 saturated heterocycles. The maximum Gasteiger partial charge on any atom is 0.198 e. The van der Waals surface area contributed by atoms with Crippen LogP contribution in [0.2, 0.25) is 0 Å². The summed E-state index contributed by atoms with van der Waals surface area (Å²) < 4.78 is 0. The van der Waals surface area contributed by atoms with Gasteiger partial charge in [0.1, 0.15) is 0 Å². The zero-order chi connectivity index (χ0) is 15.3. The van der Waals surface area contributed by atoms with Crippen molar-refractivity contribution in [3.05, 3.63) is 65.7 Å². The number of rotatable bonds is 1. The maximum absolute atomic E-state index is 13.0. The zero-order valence-corrected chi connectivity index (χ0v) is 12.5. The Morgan fingerprint density at radius 2 is 1.68 bits per heavy atom. The number of hydrogen-bond acceptors (Lipinski definition) is 3. The molecule has 110 valence electrons. The monoisotopic (exact) mass is 291 g/mol. The lowest BCUT2D eigenvalue weighted by Crippen LogP contribution is -2.52. The molecular formula is C19H17NO2. The molecule has 3 heteroatoms. The normalized spacial score (nSPS) is 26.8. The molecule has 0 unspecified atom stereocenters. The molecular weight excluding hydrogens is 274 g/mol. The largest absolute Gasteiger partial charge is 0.355 e. The van der Waals surface area contributed by atoms with Gasteiger partial charge in [0.05, 0.1) is 0 Å². The summed E-state index contributed by atoms with van der Waals surface area (Å²) in [4.78, 5) is 27.7. The second-order valence-electron chi connectivity index (χ2n) is 6.20. The molecule has 4 rings (SSSR count). The number of ketones is 2. The van der Waals surface area contributed by atoms with E-state index in [1.807, 2.05) is 66.5 Å². The molecule has 0 N–H and O–H groups in total. The minimum absolute atomic E-state index is 0.0333. The van der Waals surface area contributed by atoms with E-state index in [1.54, 1.807) is 0 Å². The van der Waals surface area contributed by atoms with Gasteiger partial charge >= 0.3 is 0 Å². The van der Waals surface area contributed by atoms with E-state index >= 15 is 0 Å². The van der Waals surface area contributed by atoms with Crippen LogP contribution in [0.5, 0.6) is 0 Å². The van der Waals surface area contributed by atoms with E-state index in [0.29, 0.717) is 18.4 Å². The molecule has 2 aliphatic rings. The number of Topliss-reactive ketones (excluding diaryl/α,β-unsaturated/α-hetero) is 2. The van der Waals surface area contributed by atoms with Crippen LogP contribution in [0.15, 0.2) is 54.6 Å². The van der Waals surface area contributed by atoms with Gasteiger partial charge in [-0.1, -0.05) is 42.5 Å². The average Bonchev–Trinajstić information content (AvgIpc) is 3.02. The SMILES string of the molecule is CN1c2ccccc2C(=O)[C@@]12C[C@H](c1ccccc1)CC2=O. The number of fused-ring (bicyclic) bond motifs is 1. The van der Waals surface area contributed by atoms with Gasteiger partial charge in [-0.25, -0.2) is 0 Å². The molecule has 1 fully saturated rings. The number of carbonyl (C=O) groups is 2. The smallest absolute Gasteiger partial charge is 0.198 e. The lowest BCUT2D eigenvalue weighted by atomic mass is 9.87. The van der Waals surface area contributed by atoms with Gasteiger partial charge in [-0.05, 0) is 30.0 Å². The second-order valence-corrected chi connectivity index (χ2v) is 6.20. The molecule has 1 aliphatic carbocycles. The highest BCUT2D eigenvalue weighted by molar-refractivity contribution is 6.27. The number of hydrogen-bond donors (Lipinski definition) is 0. The molecule has 2 aromatic carbocycles. The third kappa shape index (κ3) is 1.56. The number of nitrogens with zero attached hydrogens (tertiary/aromatic N) is 1. The van der Waals surface area contributed by atoms with Gasteiger partial charge in [0.15, 0.2) is 17.1 Å².